The van der Waals surface area contributed by atoms with Gasteiger partial charge in [-0.2, -0.15) is 0 Å². The zero-order chi connectivity index (χ0) is 20.0. The lowest BCUT2D eigenvalue weighted by atomic mass is 9.91. The molecule has 0 bridgehead atoms. The van der Waals surface area contributed by atoms with Gasteiger partial charge >= 0.3 is 0 Å². The number of hydrogen-bond donors (Lipinski definition) is 0. The van der Waals surface area contributed by atoms with Crippen molar-refractivity contribution in [3.05, 3.63) is 93.0 Å². The minimum atomic E-state index is -0.590. The molecule has 0 saturated heterocycles. The number of rotatable bonds is 3. The van der Waals surface area contributed by atoms with Crippen molar-refractivity contribution in [2.24, 2.45) is 0 Å². The number of fused-ring (bicyclic) bond motifs is 2. The van der Waals surface area contributed by atoms with Crippen molar-refractivity contribution in [1.82, 2.24) is 0 Å². The first kappa shape index (κ1) is 18.3. The van der Waals surface area contributed by atoms with Gasteiger partial charge in [-0.05, 0) is 42.0 Å². The van der Waals surface area contributed by atoms with Gasteiger partial charge in [0, 0.05) is 22.5 Å². The lowest BCUT2D eigenvalue weighted by Crippen LogP contribution is -2.31. The molecule has 0 fully saturated rings. The number of hydrogen-bond acceptors (Lipinski definition) is 2. The summed E-state index contributed by atoms with van der Waals surface area (Å²) in [7, 11) is 0. The molecule has 0 aromatic heterocycles. The minimum absolute atomic E-state index is 0.182. The van der Waals surface area contributed by atoms with E-state index in [4.69, 9.17) is 9.47 Å². The van der Waals surface area contributed by atoms with Crippen LogP contribution in [-0.2, 0) is 13.0 Å². The Bertz CT molecular complexity index is 1140. The van der Waals surface area contributed by atoms with Gasteiger partial charge in [0.15, 0.2) is 18.0 Å². The van der Waals surface area contributed by atoms with Gasteiger partial charge in [0.25, 0.3) is 0 Å². The minimum Gasteiger partial charge on any atom is -0.454 e. The summed E-state index contributed by atoms with van der Waals surface area (Å²) in [5, 5.41) is 0. The molecule has 0 amide bonds. The van der Waals surface area contributed by atoms with E-state index >= 15 is 0 Å². The average molecular weight is 457 g/mol. The Kier molecular flexibility index (Phi) is 4.59. The van der Waals surface area contributed by atoms with Crippen molar-refractivity contribution >= 4 is 21.6 Å². The summed E-state index contributed by atoms with van der Waals surface area (Å²) in [4.78, 5) is 0. The van der Waals surface area contributed by atoms with Crippen LogP contribution < -0.4 is 9.47 Å². The smallest absolute Gasteiger partial charge is 0.231 e. The molecule has 0 atom stereocenters. The largest absolute Gasteiger partial charge is 0.454 e. The van der Waals surface area contributed by atoms with E-state index in [0.29, 0.717) is 23.6 Å². The molecule has 0 spiro atoms. The van der Waals surface area contributed by atoms with Crippen molar-refractivity contribution in [1.29, 1.82) is 0 Å². The molecule has 3 aromatic rings. The van der Waals surface area contributed by atoms with Gasteiger partial charge in [-0.1, -0.05) is 28.1 Å². The molecule has 0 N–H and O–H groups in total. The van der Waals surface area contributed by atoms with E-state index in [9.17, 15) is 8.78 Å². The van der Waals surface area contributed by atoms with Crippen LogP contribution in [0.1, 0.15) is 22.3 Å². The van der Waals surface area contributed by atoms with Gasteiger partial charge in [0.1, 0.15) is 18.2 Å². The lowest BCUT2D eigenvalue weighted by molar-refractivity contribution is -0.544. The second-order valence-electron chi connectivity index (χ2n) is 7.13. The fourth-order valence-electron chi connectivity index (χ4n) is 3.91. The molecule has 29 heavy (non-hydrogen) atoms. The van der Waals surface area contributed by atoms with Crippen LogP contribution in [0.25, 0.3) is 0 Å². The third kappa shape index (κ3) is 3.42. The maximum Gasteiger partial charge on any atom is 0.231 e. The highest BCUT2D eigenvalue weighted by atomic mass is 79.9. The molecular weight excluding hydrogens is 440 g/mol. The van der Waals surface area contributed by atoms with Gasteiger partial charge < -0.3 is 9.47 Å². The van der Waals surface area contributed by atoms with E-state index in [1.54, 1.807) is 0 Å². The van der Waals surface area contributed by atoms with Gasteiger partial charge in [-0.3, -0.25) is 0 Å². The van der Waals surface area contributed by atoms with Crippen LogP contribution in [-0.4, -0.2) is 23.6 Å². The first-order valence-electron chi connectivity index (χ1n) is 9.33. The Morgan fingerprint density at radius 3 is 2.41 bits per heavy atom. The van der Waals surface area contributed by atoms with E-state index in [1.807, 2.05) is 36.4 Å². The van der Waals surface area contributed by atoms with Crippen LogP contribution in [0.3, 0.4) is 0 Å². The lowest BCUT2D eigenvalue weighted by Gasteiger charge is -2.20. The Labute approximate surface area is 175 Å². The molecule has 0 radical (unpaired) electrons. The third-order valence-corrected chi connectivity index (χ3v) is 5.82. The monoisotopic (exact) mass is 456 g/mol. The zero-order valence-electron chi connectivity index (χ0n) is 15.4. The molecule has 3 nitrogen and oxygen atoms in total. The van der Waals surface area contributed by atoms with Crippen LogP contribution in [0, 0.1) is 11.6 Å². The van der Waals surface area contributed by atoms with E-state index in [1.165, 1.54) is 12.1 Å². The maximum absolute atomic E-state index is 14.8. The topological polar surface area (TPSA) is 21.5 Å². The fourth-order valence-corrected chi connectivity index (χ4v) is 4.18. The Hall–Kier alpha value is -2.73. The van der Waals surface area contributed by atoms with E-state index in [-0.39, 0.29) is 6.79 Å². The molecule has 2 aliphatic rings. The molecule has 3 aromatic carbocycles. The van der Waals surface area contributed by atoms with Crippen LogP contribution in [0.15, 0.2) is 59.1 Å². The van der Waals surface area contributed by atoms with Crippen molar-refractivity contribution < 1.29 is 22.8 Å². The summed E-state index contributed by atoms with van der Waals surface area (Å²) in [5.41, 5.74) is 4.19. The number of nitrogens with zero attached hydrogens (tertiary/aromatic N) is 1. The highest BCUT2D eigenvalue weighted by Crippen LogP contribution is 2.37. The molecule has 0 aliphatic carbocycles. The van der Waals surface area contributed by atoms with Crippen molar-refractivity contribution in [2.75, 3.05) is 13.3 Å². The predicted molar refractivity (Wildman–Crippen MR) is 109 cm³/mol. The summed E-state index contributed by atoms with van der Waals surface area (Å²) in [6.07, 6.45) is 0.800. The molecule has 2 heterocycles. The quantitative estimate of drug-likeness (QED) is 0.513. The summed E-state index contributed by atoms with van der Waals surface area (Å²) in [5.74, 6) is 0.192. The summed E-state index contributed by atoms with van der Waals surface area (Å²) in [6.45, 7) is 1.52. The normalized spacial score (nSPS) is 14.9. The number of halogens is 3. The van der Waals surface area contributed by atoms with Crippen LogP contribution in [0.4, 0.5) is 8.78 Å². The van der Waals surface area contributed by atoms with Crippen LogP contribution in [0.5, 0.6) is 11.5 Å². The van der Waals surface area contributed by atoms with Crippen molar-refractivity contribution in [3.63, 3.8) is 0 Å². The second kappa shape index (κ2) is 7.26. The summed E-state index contributed by atoms with van der Waals surface area (Å²) < 4.78 is 42.6. The first-order valence-corrected chi connectivity index (χ1v) is 10.1. The molecule has 146 valence electrons. The number of ether oxygens (including phenoxy) is 2. The van der Waals surface area contributed by atoms with Crippen molar-refractivity contribution in [2.45, 2.75) is 13.0 Å². The molecular formula is C23H17BrF2NO2+. The molecule has 5 rings (SSSR count). The van der Waals surface area contributed by atoms with Crippen LogP contribution in [0.2, 0.25) is 0 Å². The molecule has 2 aliphatic heterocycles. The Morgan fingerprint density at radius 2 is 1.66 bits per heavy atom. The Morgan fingerprint density at radius 1 is 0.897 bits per heavy atom. The third-order valence-electron chi connectivity index (χ3n) is 5.29. The fraction of sp³-hybridized carbons (Fsp3) is 0.174. The standard InChI is InChI=1S/C23H17BrF2NO2/c24-16-3-1-14(2-4-16)12-27-8-7-15-9-21-22(29-13-28-21)11-19(15)23(27)18-6-5-17(25)10-20(18)26/h1-6,9-11H,7-8,12-13H2/q+1. The second-order valence-corrected chi connectivity index (χ2v) is 8.05. The zero-order valence-corrected chi connectivity index (χ0v) is 17.0. The molecule has 0 unspecified atom stereocenters. The van der Waals surface area contributed by atoms with Gasteiger partial charge in [0.05, 0.1) is 11.1 Å². The van der Waals surface area contributed by atoms with E-state index in [0.717, 1.165) is 45.9 Å². The van der Waals surface area contributed by atoms with Gasteiger partial charge in [0.2, 0.25) is 12.5 Å². The molecule has 0 saturated carbocycles. The van der Waals surface area contributed by atoms with Gasteiger partial charge in [-0.15, -0.1) is 0 Å². The van der Waals surface area contributed by atoms with Crippen LogP contribution >= 0.6 is 15.9 Å². The average Bonchev–Trinajstić information content (AvgIpc) is 3.16. The summed E-state index contributed by atoms with van der Waals surface area (Å²) in [6, 6.07) is 15.7. The number of benzene rings is 3. The van der Waals surface area contributed by atoms with E-state index < -0.39 is 11.6 Å². The Balaban J connectivity index is 1.69. The first-order chi connectivity index (χ1) is 14.1. The van der Waals surface area contributed by atoms with E-state index in [2.05, 4.69) is 20.5 Å². The SMILES string of the molecule is Fc1ccc(C2=[N+](Cc3ccc(Br)cc3)CCc3cc4c(cc32)OCO4)c(F)c1. The molecule has 6 heteroatoms. The van der Waals surface area contributed by atoms with Gasteiger partial charge in [-0.25, -0.2) is 13.4 Å². The maximum atomic E-state index is 14.8. The highest BCUT2D eigenvalue weighted by molar-refractivity contribution is 9.10. The predicted octanol–water partition coefficient (Wildman–Crippen LogP) is 5.06. The highest BCUT2D eigenvalue weighted by Gasteiger charge is 2.32. The summed E-state index contributed by atoms with van der Waals surface area (Å²) >= 11 is 3.46. The van der Waals surface area contributed by atoms with Crippen molar-refractivity contribution in [3.8, 4) is 11.5 Å².